The molecule has 0 aromatic heterocycles. The molecule has 3 N–H and O–H groups in total. The number of carbonyl (C=O) groups excluding carboxylic acids is 2. The maximum atomic E-state index is 12.3. The fraction of sp³-hybridized carbons (Fsp3) is 0.857. The molecule has 1 unspecified atom stereocenters. The quantitative estimate of drug-likeness (QED) is 0.773. The van der Waals surface area contributed by atoms with Gasteiger partial charge in [0.25, 0.3) is 0 Å². The molecule has 1 rings (SSSR count). The third-order valence-corrected chi connectivity index (χ3v) is 3.96. The Kier molecular flexibility index (Phi) is 8.81. The first-order valence-electron chi connectivity index (χ1n) is 7.20. The highest BCUT2D eigenvalue weighted by Crippen LogP contribution is 2.25. The van der Waals surface area contributed by atoms with Crippen molar-refractivity contribution < 1.29 is 9.59 Å². The molecule has 5 nitrogen and oxygen atoms in total. The van der Waals surface area contributed by atoms with Crippen LogP contribution in [0.15, 0.2) is 0 Å². The van der Waals surface area contributed by atoms with Gasteiger partial charge in [-0.15, -0.1) is 12.4 Å². The number of nitrogens with zero attached hydrogens (tertiary/aromatic N) is 1. The number of carbonyl (C=O) groups is 2. The molecule has 118 valence electrons. The Morgan fingerprint density at radius 1 is 1.25 bits per heavy atom. The van der Waals surface area contributed by atoms with Gasteiger partial charge in [-0.1, -0.05) is 6.92 Å². The second-order valence-electron chi connectivity index (χ2n) is 5.85. The van der Waals surface area contributed by atoms with Crippen LogP contribution in [0.4, 0.5) is 0 Å². The number of hydrogen-bond donors (Lipinski definition) is 2. The van der Waals surface area contributed by atoms with Crippen LogP contribution in [0.3, 0.4) is 0 Å². The number of hydrogen-bond acceptors (Lipinski definition) is 3. The number of amides is 2. The van der Waals surface area contributed by atoms with E-state index in [1.54, 1.807) is 4.90 Å². The van der Waals surface area contributed by atoms with Gasteiger partial charge in [-0.2, -0.15) is 0 Å². The molecule has 0 saturated carbocycles. The Labute approximate surface area is 128 Å². The fourth-order valence-electron chi connectivity index (χ4n) is 2.70. The summed E-state index contributed by atoms with van der Waals surface area (Å²) >= 11 is 0. The maximum absolute atomic E-state index is 12.3. The summed E-state index contributed by atoms with van der Waals surface area (Å²) in [7, 11) is 0. The molecule has 0 aromatic rings. The zero-order valence-corrected chi connectivity index (χ0v) is 13.5. The molecule has 0 radical (unpaired) electrons. The molecule has 0 aliphatic carbocycles. The smallest absolute Gasteiger partial charge is 0.237 e. The van der Waals surface area contributed by atoms with Crippen molar-refractivity contribution in [2.45, 2.75) is 46.1 Å². The average Bonchev–Trinajstić information content (AvgIpc) is 2.36. The van der Waals surface area contributed by atoms with Crippen molar-refractivity contribution in [3.8, 4) is 0 Å². The van der Waals surface area contributed by atoms with Crippen molar-refractivity contribution in [1.29, 1.82) is 0 Å². The van der Waals surface area contributed by atoms with Gasteiger partial charge in [-0.25, -0.2) is 0 Å². The summed E-state index contributed by atoms with van der Waals surface area (Å²) in [5, 5.41) is 3.33. The van der Waals surface area contributed by atoms with Crippen LogP contribution in [0.1, 0.15) is 40.0 Å². The van der Waals surface area contributed by atoms with Crippen molar-refractivity contribution in [1.82, 2.24) is 10.2 Å². The third kappa shape index (κ3) is 6.09. The van der Waals surface area contributed by atoms with Crippen molar-refractivity contribution in [2.24, 2.45) is 17.6 Å². The maximum Gasteiger partial charge on any atom is 0.237 e. The molecule has 1 aliphatic rings. The Morgan fingerprint density at radius 2 is 1.80 bits per heavy atom. The van der Waals surface area contributed by atoms with Gasteiger partial charge < -0.3 is 16.0 Å². The predicted molar refractivity (Wildman–Crippen MR) is 82.7 cm³/mol. The van der Waals surface area contributed by atoms with Crippen molar-refractivity contribution in [2.75, 3.05) is 19.6 Å². The van der Waals surface area contributed by atoms with E-state index in [4.69, 9.17) is 5.73 Å². The molecule has 1 atom stereocenters. The molecule has 0 aromatic carbocycles. The fourth-order valence-corrected chi connectivity index (χ4v) is 2.70. The van der Waals surface area contributed by atoms with Crippen molar-refractivity contribution in [3.05, 3.63) is 0 Å². The van der Waals surface area contributed by atoms with Crippen LogP contribution in [0.5, 0.6) is 0 Å². The minimum Gasteiger partial charge on any atom is -0.368 e. The van der Waals surface area contributed by atoms with Gasteiger partial charge in [0.05, 0.1) is 6.54 Å². The van der Waals surface area contributed by atoms with Crippen LogP contribution in [-0.4, -0.2) is 42.4 Å². The molecule has 2 amide bonds. The van der Waals surface area contributed by atoms with E-state index in [9.17, 15) is 9.59 Å². The highest BCUT2D eigenvalue weighted by molar-refractivity contribution is 5.85. The van der Waals surface area contributed by atoms with Gasteiger partial charge in [0.2, 0.25) is 11.8 Å². The van der Waals surface area contributed by atoms with E-state index in [0.717, 1.165) is 25.9 Å². The third-order valence-electron chi connectivity index (χ3n) is 3.96. The Balaban J connectivity index is 0.00000361. The largest absolute Gasteiger partial charge is 0.368 e. The lowest BCUT2D eigenvalue weighted by Crippen LogP contribution is -2.44. The summed E-state index contributed by atoms with van der Waals surface area (Å²) in [5.74, 6) is 0.563. The molecule has 1 aliphatic heterocycles. The average molecular weight is 306 g/mol. The molecule has 1 heterocycles. The summed E-state index contributed by atoms with van der Waals surface area (Å²) in [4.78, 5) is 24.9. The lowest BCUT2D eigenvalue weighted by molar-refractivity contribution is -0.138. The number of piperidine rings is 1. The first-order chi connectivity index (χ1) is 8.91. The summed E-state index contributed by atoms with van der Waals surface area (Å²) < 4.78 is 0. The molecule has 20 heavy (non-hydrogen) atoms. The standard InChI is InChI=1S/C14H27N3O2.ClH/c1-10(2)17(9-13(15)18)14(19)8-11(3)12-4-6-16-7-5-12;/h10-12,16H,4-9H2,1-3H3,(H2,15,18);1H. The number of nitrogens with one attached hydrogen (secondary N) is 1. The molecular weight excluding hydrogens is 278 g/mol. The Bertz CT molecular complexity index is 318. The Hall–Kier alpha value is -0.810. The number of nitrogens with two attached hydrogens (primary N) is 1. The second-order valence-corrected chi connectivity index (χ2v) is 5.85. The summed E-state index contributed by atoms with van der Waals surface area (Å²) in [6, 6.07) is 0.0141. The van der Waals surface area contributed by atoms with Crippen LogP contribution in [-0.2, 0) is 9.59 Å². The Morgan fingerprint density at radius 3 is 2.25 bits per heavy atom. The van der Waals surface area contributed by atoms with E-state index in [1.807, 2.05) is 13.8 Å². The van der Waals surface area contributed by atoms with E-state index in [0.29, 0.717) is 18.3 Å². The summed E-state index contributed by atoms with van der Waals surface area (Å²) in [6.45, 7) is 8.06. The molecule has 0 bridgehead atoms. The minimum absolute atomic E-state index is 0. The van der Waals surface area contributed by atoms with Gasteiger partial charge in [0.1, 0.15) is 0 Å². The lowest BCUT2D eigenvalue weighted by atomic mass is 9.84. The van der Waals surface area contributed by atoms with E-state index < -0.39 is 5.91 Å². The lowest BCUT2D eigenvalue weighted by Gasteiger charge is -2.31. The van der Waals surface area contributed by atoms with Gasteiger partial charge in [-0.05, 0) is 51.6 Å². The van der Waals surface area contributed by atoms with Crippen LogP contribution in [0.2, 0.25) is 0 Å². The van der Waals surface area contributed by atoms with E-state index in [2.05, 4.69) is 12.2 Å². The zero-order valence-electron chi connectivity index (χ0n) is 12.7. The SMILES string of the molecule is CC(CC(=O)N(CC(N)=O)C(C)C)C1CCNCC1.Cl. The molecular formula is C14H28ClN3O2. The highest BCUT2D eigenvalue weighted by atomic mass is 35.5. The van der Waals surface area contributed by atoms with Gasteiger partial charge in [0, 0.05) is 12.5 Å². The topological polar surface area (TPSA) is 75.4 Å². The first-order valence-corrected chi connectivity index (χ1v) is 7.20. The molecule has 0 spiro atoms. The molecule has 6 heteroatoms. The van der Waals surface area contributed by atoms with Crippen molar-refractivity contribution in [3.63, 3.8) is 0 Å². The van der Waals surface area contributed by atoms with Gasteiger partial charge >= 0.3 is 0 Å². The minimum atomic E-state index is -0.448. The predicted octanol–water partition coefficient (Wildman–Crippen LogP) is 1.16. The van der Waals surface area contributed by atoms with Gasteiger partial charge in [0.15, 0.2) is 0 Å². The van der Waals surface area contributed by atoms with Crippen LogP contribution < -0.4 is 11.1 Å². The first kappa shape index (κ1) is 19.2. The van der Waals surface area contributed by atoms with E-state index in [-0.39, 0.29) is 30.9 Å². The monoisotopic (exact) mass is 305 g/mol. The zero-order chi connectivity index (χ0) is 14.4. The van der Waals surface area contributed by atoms with Crippen LogP contribution in [0, 0.1) is 11.8 Å². The van der Waals surface area contributed by atoms with Crippen LogP contribution >= 0.6 is 12.4 Å². The van der Waals surface area contributed by atoms with E-state index >= 15 is 0 Å². The number of rotatable bonds is 6. The second kappa shape index (κ2) is 9.19. The van der Waals surface area contributed by atoms with Gasteiger partial charge in [-0.3, -0.25) is 9.59 Å². The summed E-state index contributed by atoms with van der Waals surface area (Å²) in [6.07, 6.45) is 2.77. The normalized spacial score (nSPS) is 17.4. The number of halogens is 1. The summed E-state index contributed by atoms with van der Waals surface area (Å²) in [5.41, 5.74) is 5.20. The highest BCUT2D eigenvalue weighted by Gasteiger charge is 2.25. The van der Waals surface area contributed by atoms with Crippen LogP contribution in [0.25, 0.3) is 0 Å². The van der Waals surface area contributed by atoms with E-state index in [1.165, 1.54) is 0 Å². The molecule has 1 fully saturated rings. The number of primary amides is 1. The van der Waals surface area contributed by atoms with Crippen molar-refractivity contribution >= 4 is 24.2 Å². The molecule has 1 saturated heterocycles.